The smallest absolute Gasteiger partial charge is 0.0624 e. The van der Waals surface area contributed by atoms with E-state index < -0.39 is 0 Å². The Kier molecular flexibility index (Phi) is 4.13. The fourth-order valence-electron chi connectivity index (χ4n) is 4.73. The predicted molar refractivity (Wildman–Crippen MR) is 87.3 cm³/mol. The number of nitrogens with zero attached hydrogens (tertiary/aromatic N) is 2. The van der Waals surface area contributed by atoms with Crippen LogP contribution in [0.15, 0.2) is 6.07 Å². The first-order valence-electron chi connectivity index (χ1n) is 8.77. The van der Waals surface area contributed by atoms with Crippen molar-refractivity contribution in [2.45, 2.75) is 65.3 Å². The van der Waals surface area contributed by atoms with Gasteiger partial charge in [0.1, 0.15) is 0 Å². The van der Waals surface area contributed by atoms with E-state index in [4.69, 9.17) is 0 Å². The Balaban J connectivity index is 1.80. The standard InChI is InChI=1S/C18H31N3/c1-5-16-9-17(21(4)20-16)11-18(12-19-13(2)3)10-14-6-7-15(18)8-14/h9,13-15,19H,5-8,10-12H2,1-4H3. The normalized spacial score (nSPS) is 31.5. The Morgan fingerprint density at radius 2 is 2.24 bits per heavy atom. The van der Waals surface area contributed by atoms with E-state index in [1.165, 1.54) is 50.0 Å². The van der Waals surface area contributed by atoms with Crippen molar-refractivity contribution in [2.75, 3.05) is 6.54 Å². The van der Waals surface area contributed by atoms with Gasteiger partial charge in [0.15, 0.2) is 0 Å². The van der Waals surface area contributed by atoms with Gasteiger partial charge in [0, 0.05) is 25.3 Å². The molecule has 1 aromatic rings. The van der Waals surface area contributed by atoms with E-state index in [0.29, 0.717) is 11.5 Å². The molecule has 0 saturated heterocycles. The third-order valence-electron chi connectivity index (χ3n) is 5.89. The quantitative estimate of drug-likeness (QED) is 0.870. The van der Waals surface area contributed by atoms with Crippen LogP contribution in [0, 0.1) is 17.3 Å². The molecule has 3 nitrogen and oxygen atoms in total. The number of hydrogen-bond donors (Lipinski definition) is 1. The highest BCUT2D eigenvalue weighted by molar-refractivity contribution is 5.15. The van der Waals surface area contributed by atoms with Gasteiger partial charge in [-0.3, -0.25) is 4.68 Å². The molecule has 3 atom stereocenters. The van der Waals surface area contributed by atoms with Crippen LogP contribution in [-0.4, -0.2) is 22.4 Å². The monoisotopic (exact) mass is 289 g/mol. The van der Waals surface area contributed by atoms with E-state index in [1.807, 2.05) is 0 Å². The first-order valence-corrected chi connectivity index (χ1v) is 8.77. The van der Waals surface area contributed by atoms with Crippen molar-refractivity contribution in [3.63, 3.8) is 0 Å². The fourth-order valence-corrected chi connectivity index (χ4v) is 4.73. The zero-order valence-corrected chi connectivity index (χ0v) is 14.2. The SMILES string of the molecule is CCc1cc(CC2(CNC(C)C)CC3CCC2C3)n(C)n1. The zero-order chi connectivity index (χ0) is 15.0. The zero-order valence-electron chi connectivity index (χ0n) is 14.2. The highest BCUT2D eigenvalue weighted by Gasteiger charge is 2.50. The van der Waals surface area contributed by atoms with Gasteiger partial charge in [-0.15, -0.1) is 0 Å². The molecule has 0 aliphatic heterocycles. The summed E-state index contributed by atoms with van der Waals surface area (Å²) in [4.78, 5) is 0. The molecule has 3 rings (SSSR count). The predicted octanol–water partition coefficient (Wildman–Crippen LogP) is 3.33. The first kappa shape index (κ1) is 15.1. The van der Waals surface area contributed by atoms with Crippen molar-refractivity contribution >= 4 is 0 Å². The second kappa shape index (κ2) is 5.75. The lowest BCUT2D eigenvalue weighted by Crippen LogP contribution is -2.43. The van der Waals surface area contributed by atoms with E-state index in [0.717, 1.165) is 18.3 Å². The van der Waals surface area contributed by atoms with Crippen LogP contribution in [0.25, 0.3) is 0 Å². The molecule has 0 spiro atoms. The van der Waals surface area contributed by atoms with Gasteiger partial charge in [-0.1, -0.05) is 27.2 Å². The minimum absolute atomic E-state index is 0.478. The number of aryl methyl sites for hydroxylation is 2. The molecule has 21 heavy (non-hydrogen) atoms. The molecular formula is C18H31N3. The fraction of sp³-hybridized carbons (Fsp3) is 0.833. The number of hydrogen-bond acceptors (Lipinski definition) is 2. The molecule has 3 heteroatoms. The van der Waals surface area contributed by atoms with Crippen LogP contribution in [0.5, 0.6) is 0 Å². The van der Waals surface area contributed by atoms with Gasteiger partial charge < -0.3 is 5.32 Å². The molecular weight excluding hydrogens is 258 g/mol. The third-order valence-corrected chi connectivity index (χ3v) is 5.89. The van der Waals surface area contributed by atoms with Crippen molar-refractivity contribution in [2.24, 2.45) is 24.3 Å². The summed E-state index contributed by atoms with van der Waals surface area (Å²) in [6.07, 6.45) is 8.05. The maximum absolute atomic E-state index is 4.66. The van der Waals surface area contributed by atoms with Crippen molar-refractivity contribution in [1.29, 1.82) is 0 Å². The summed E-state index contributed by atoms with van der Waals surface area (Å²) in [5.41, 5.74) is 3.15. The van der Waals surface area contributed by atoms with Crippen LogP contribution in [0.4, 0.5) is 0 Å². The summed E-state index contributed by atoms with van der Waals surface area (Å²) >= 11 is 0. The van der Waals surface area contributed by atoms with Crippen molar-refractivity contribution in [1.82, 2.24) is 15.1 Å². The average molecular weight is 289 g/mol. The Morgan fingerprint density at radius 1 is 1.43 bits per heavy atom. The second-order valence-corrected chi connectivity index (χ2v) is 7.76. The van der Waals surface area contributed by atoms with Gasteiger partial charge in [0.2, 0.25) is 0 Å². The van der Waals surface area contributed by atoms with E-state index in [2.05, 4.69) is 49.0 Å². The molecule has 2 aliphatic rings. The summed E-state index contributed by atoms with van der Waals surface area (Å²) in [7, 11) is 2.12. The molecule has 1 N–H and O–H groups in total. The number of nitrogens with one attached hydrogen (secondary N) is 1. The first-order chi connectivity index (χ1) is 10.0. The Morgan fingerprint density at radius 3 is 2.76 bits per heavy atom. The molecule has 2 saturated carbocycles. The van der Waals surface area contributed by atoms with Crippen LogP contribution >= 0.6 is 0 Å². The molecule has 2 aliphatic carbocycles. The second-order valence-electron chi connectivity index (χ2n) is 7.76. The van der Waals surface area contributed by atoms with Crippen LogP contribution in [0.2, 0.25) is 0 Å². The molecule has 0 radical (unpaired) electrons. The van der Waals surface area contributed by atoms with Gasteiger partial charge in [-0.05, 0) is 55.4 Å². The molecule has 2 fully saturated rings. The highest BCUT2D eigenvalue weighted by Crippen LogP contribution is 2.57. The molecule has 2 bridgehead atoms. The summed E-state index contributed by atoms with van der Waals surface area (Å²) in [5.74, 6) is 1.91. The Hall–Kier alpha value is -0.830. The van der Waals surface area contributed by atoms with Crippen LogP contribution in [0.3, 0.4) is 0 Å². The summed E-state index contributed by atoms with van der Waals surface area (Å²) in [6, 6.07) is 2.92. The molecule has 1 heterocycles. The van der Waals surface area contributed by atoms with E-state index >= 15 is 0 Å². The van der Waals surface area contributed by atoms with Gasteiger partial charge >= 0.3 is 0 Å². The minimum Gasteiger partial charge on any atom is -0.314 e. The summed E-state index contributed by atoms with van der Waals surface area (Å²) in [6.45, 7) is 7.90. The van der Waals surface area contributed by atoms with E-state index in [1.54, 1.807) is 0 Å². The summed E-state index contributed by atoms with van der Waals surface area (Å²) < 4.78 is 2.13. The van der Waals surface area contributed by atoms with E-state index in [-0.39, 0.29) is 0 Å². The maximum Gasteiger partial charge on any atom is 0.0624 e. The summed E-state index contributed by atoms with van der Waals surface area (Å²) in [5, 5.41) is 8.40. The molecule has 3 unspecified atom stereocenters. The van der Waals surface area contributed by atoms with Crippen molar-refractivity contribution < 1.29 is 0 Å². The molecule has 0 aromatic carbocycles. The molecule has 1 aromatic heterocycles. The van der Waals surface area contributed by atoms with Gasteiger partial charge in [0.25, 0.3) is 0 Å². The Bertz CT molecular complexity index is 491. The topological polar surface area (TPSA) is 29.9 Å². The van der Waals surface area contributed by atoms with Crippen LogP contribution in [-0.2, 0) is 19.9 Å². The third kappa shape index (κ3) is 2.90. The van der Waals surface area contributed by atoms with Crippen LogP contribution in [0.1, 0.15) is 57.8 Å². The Labute approximate surface area is 129 Å². The van der Waals surface area contributed by atoms with Gasteiger partial charge in [-0.25, -0.2) is 0 Å². The maximum atomic E-state index is 4.66. The average Bonchev–Trinajstić information content (AvgIpc) is 3.12. The molecule has 118 valence electrons. The van der Waals surface area contributed by atoms with Gasteiger partial charge in [-0.2, -0.15) is 5.10 Å². The minimum atomic E-state index is 0.478. The lowest BCUT2D eigenvalue weighted by atomic mass is 9.70. The molecule has 0 amide bonds. The largest absolute Gasteiger partial charge is 0.314 e. The number of aromatic nitrogens is 2. The lowest BCUT2D eigenvalue weighted by molar-refractivity contribution is 0.149. The van der Waals surface area contributed by atoms with Crippen molar-refractivity contribution in [3.8, 4) is 0 Å². The van der Waals surface area contributed by atoms with E-state index in [9.17, 15) is 0 Å². The lowest BCUT2D eigenvalue weighted by Gasteiger charge is -2.39. The van der Waals surface area contributed by atoms with Crippen LogP contribution < -0.4 is 5.32 Å². The highest BCUT2D eigenvalue weighted by atomic mass is 15.3. The van der Waals surface area contributed by atoms with Gasteiger partial charge in [0.05, 0.1) is 5.69 Å². The number of rotatable bonds is 6. The van der Waals surface area contributed by atoms with Crippen molar-refractivity contribution in [3.05, 3.63) is 17.5 Å². The number of fused-ring (bicyclic) bond motifs is 2.